The molecule has 0 saturated carbocycles. The van der Waals surface area contributed by atoms with E-state index in [2.05, 4.69) is 14.7 Å². The molecule has 5 nitrogen and oxygen atoms in total. The molecule has 0 aliphatic carbocycles. The molecule has 0 saturated heterocycles. The molecular weight excluding hydrogens is 290 g/mol. The first-order chi connectivity index (χ1) is 10.0. The summed E-state index contributed by atoms with van der Waals surface area (Å²) in [5.74, 6) is 0.0820. The Morgan fingerprint density at radius 1 is 1.38 bits per heavy atom. The van der Waals surface area contributed by atoms with E-state index in [1.807, 2.05) is 43.1 Å². The highest BCUT2D eigenvalue weighted by molar-refractivity contribution is 6.30. The van der Waals surface area contributed by atoms with E-state index in [0.29, 0.717) is 10.8 Å². The van der Waals surface area contributed by atoms with Crippen LogP contribution in [-0.4, -0.2) is 30.1 Å². The van der Waals surface area contributed by atoms with Crippen LogP contribution in [0, 0.1) is 0 Å². The van der Waals surface area contributed by atoms with Gasteiger partial charge in [0.1, 0.15) is 5.82 Å². The van der Waals surface area contributed by atoms with Gasteiger partial charge >= 0.3 is 5.97 Å². The summed E-state index contributed by atoms with van der Waals surface area (Å²) in [6.07, 6.45) is 2.99. The number of benzene rings is 1. The molecule has 0 bridgehead atoms. The highest BCUT2D eigenvalue weighted by Crippen LogP contribution is 2.25. The van der Waals surface area contributed by atoms with Crippen LogP contribution in [0.3, 0.4) is 0 Å². The van der Waals surface area contributed by atoms with Gasteiger partial charge in [-0.25, -0.2) is 9.78 Å². The second kappa shape index (κ2) is 6.54. The Morgan fingerprint density at radius 2 is 2.14 bits per heavy atom. The molecule has 0 spiro atoms. The van der Waals surface area contributed by atoms with Crippen LogP contribution in [-0.2, 0) is 4.74 Å². The van der Waals surface area contributed by atoms with Crippen LogP contribution >= 0.6 is 11.6 Å². The fourth-order valence-corrected chi connectivity index (χ4v) is 2.12. The second-order valence-corrected chi connectivity index (χ2v) is 5.03. The van der Waals surface area contributed by atoms with E-state index >= 15 is 0 Å². The lowest BCUT2D eigenvalue weighted by Gasteiger charge is -2.26. The largest absolute Gasteiger partial charge is 0.464 e. The number of aromatic nitrogens is 2. The molecule has 0 amide bonds. The zero-order valence-electron chi connectivity index (χ0n) is 12.1. The van der Waals surface area contributed by atoms with Crippen molar-refractivity contribution in [2.45, 2.75) is 13.0 Å². The number of esters is 1. The van der Waals surface area contributed by atoms with Crippen molar-refractivity contribution in [3.05, 3.63) is 52.9 Å². The van der Waals surface area contributed by atoms with E-state index in [-0.39, 0.29) is 11.7 Å². The number of methoxy groups -OCH3 is 1. The summed E-state index contributed by atoms with van der Waals surface area (Å²) in [6.45, 7) is 2.03. The minimum absolute atomic E-state index is 0.0332. The molecule has 2 rings (SSSR count). The Hall–Kier alpha value is -2.14. The molecule has 110 valence electrons. The summed E-state index contributed by atoms with van der Waals surface area (Å²) in [5.41, 5.74) is 1.23. The van der Waals surface area contributed by atoms with Gasteiger partial charge < -0.3 is 9.64 Å². The Morgan fingerprint density at radius 3 is 2.81 bits per heavy atom. The average molecular weight is 306 g/mol. The number of halogens is 1. The lowest BCUT2D eigenvalue weighted by atomic mass is 10.1. The summed E-state index contributed by atoms with van der Waals surface area (Å²) in [7, 11) is 3.20. The van der Waals surface area contributed by atoms with Crippen molar-refractivity contribution in [2.75, 3.05) is 19.1 Å². The molecule has 0 aliphatic heterocycles. The Bertz CT molecular complexity index is 648. The van der Waals surface area contributed by atoms with Gasteiger partial charge in [-0.15, -0.1) is 0 Å². The molecule has 1 aromatic heterocycles. The van der Waals surface area contributed by atoms with Crippen LogP contribution in [0.25, 0.3) is 0 Å². The third kappa shape index (κ3) is 3.49. The lowest BCUT2D eigenvalue weighted by molar-refractivity contribution is 0.0593. The van der Waals surface area contributed by atoms with E-state index in [4.69, 9.17) is 11.6 Å². The molecule has 21 heavy (non-hydrogen) atoms. The molecule has 6 heteroatoms. The van der Waals surface area contributed by atoms with Crippen molar-refractivity contribution >= 4 is 23.4 Å². The highest BCUT2D eigenvalue weighted by atomic mass is 35.5. The summed E-state index contributed by atoms with van der Waals surface area (Å²) in [6, 6.07) is 7.66. The molecule has 0 N–H and O–H groups in total. The molecule has 2 aromatic rings. The summed E-state index contributed by atoms with van der Waals surface area (Å²) >= 11 is 6.02. The maximum absolute atomic E-state index is 11.5. The summed E-state index contributed by atoms with van der Waals surface area (Å²) in [4.78, 5) is 21.7. The average Bonchev–Trinajstić information content (AvgIpc) is 2.52. The first-order valence-electron chi connectivity index (χ1n) is 6.41. The molecule has 1 unspecified atom stereocenters. The van der Waals surface area contributed by atoms with Gasteiger partial charge in [0.15, 0.2) is 5.69 Å². The SMILES string of the molecule is COC(=O)c1cncc(N(C)C(C)c2cccc(Cl)c2)n1. The lowest BCUT2D eigenvalue weighted by Crippen LogP contribution is -2.23. The third-order valence-electron chi connectivity index (χ3n) is 3.29. The smallest absolute Gasteiger partial charge is 0.358 e. The maximum Gasteiger partial charge on any atom is 0.358 e. The number of hydrogen-bond acceptors (Lipinski definition) is 5. The normalized spacial score (nSPS) is 11.8. The molecule has 1 atom stereocenters. The topological polar surface area (TPSA) is 55.3 Å². The number of carbonyl (C=O) groups is 1. The van der Waals surface area contributed by atoms with Gasteiger partial charge in [0.2, 0.25) is 0 Å². The predicted octanol–water partition coefficient (Wildman–Crippen LogP) is 3.11. The first-order valence-corrected chi connectivity index (χ1v) is 6.79. The summed E-state index contributed by atoms with van der Waals surface area (Å²) in [5, 5.41) is 0.683. The fraction of sp³-hybridized carbons (Fsp3) is 0.267. The van der Waals surface area contributed by atoms with E-state index in [1.165, 1.54) is 13.3 Å². The molecule has 0 fully saturated rings. The van der Waals surface area contributed by atoms with Crippen LogP contribution in [0.15, 0.2) is 36.7 Å². The van der Waals surface area contributed by atoms with Gasteiger partial charge in [-0.2, -0.15) is 0 Å². The highest BCUT2D eigenvalue weighted by Gasteiger charge is 2.16. The van der Waals surface area contributed by atoms with Crippen molar-refractivity contribution in [3.63, 3.8) is 0 Å². The number of nitrogens with zero attached hydrogens (tertiary/aromatic N) is 3. The number of ether oxygens (including phenoxy) is 1. The van der Waals surface area contributed by atoms with Crippen molar-refractivity contribution in [2.24, 2.45) is 0 Å². The van der Waals surface area contributed by atoms with Crippen LogP contribution in [0.5, 0.6) is 0 Å². The Kier molecular flexibility index (Phi) is 4.75. The molecule has 0 aliphatic rings. The molecule has 1 aromatic carbocycles. The van der Waals surface area contributed by atoms with Gasteiger partial charge in [0.05, 0.1) is 25.5 Å². The van der Waals surface area contributed by atoms with Gasteiger partial charge in [-0.05, 0) is 24.6 Å². The predicted molar refractivity (Wildman–Crippen MR) is 81.6 cm³/mol. The van der Waals surface area contributed by atoms with Crippen LogP contribution in [0.4, 0.5) is 5.82 Å². The monoisotopic (exact) mass is 305 g/mol. The Labute approximate surface area is 128 Å². The minimum atomic E-state index is -0.506. The molecule has 0 radical (unpaired) electrons. The summed E-state index contributed by atoms with van der Waals surface area (Å²) < 4.78 is 4.65. The van der Waals surface area contributed by atoms with Gasteiger partial charge in [-0.1, -0.05) is 23.7 Å². The first kappa shape index (κ1) is 15.3. The van der Waals surface area contributed by atoms with Crippen LogP contribution in [0.1, 0.15) is 29.0 Å². The zero-order valence-corrected chi connectivity index (χ0v) is 12.8. The van der Waals surface area contributed by atoms with Crippen LogP contribution < -0.4 is 4.90 Å². The van der Waals surface area contributed by atoms with Crippen molar-refractivity contribution in [3.8, 4) is 0 Å². The standard InChI is InChI=1S/C15H16ClN3O2/c1-10(11-5-4-6-12(16)7-11)19(2)14-9-17-8-13(18-14)15(20)21-3/h4-10H,1-3H3. The minimum Gasteiger partial charge on any atom is -0.464 e. The van der Waals surface area contributed by atoms with Crippen LogP contribution in [0.2, 0.25) is 5.02 Å². The molecular formula is C15H16ClN3O2. The number of carbonyl (C=O) groups excluding carboxylic acids is 1. The molecule has 1 heterocycles. The number of hydrogen-bond donors (Lipinski definition) is 0. The second-order valence-electron chi connectivity index (χ2n) is 4.60. The van der Waals surface area contributed by atoms with E-state index in [9.17, 15) is 4.79 Å². The van der Waals surface area contributed by atoms with Crippen molar-refractivity contribution in [1.82, 2.24) is 9.97 Å². The van der Waals surface area contributed by atoms with E-state index in [1.54, 1.807) is 6.20 Å². The quantitative estimate of drug-likeness (QED) is 0.812. The maximum atomic E-state index is 11.5. The Balaban J connectivity index is 2.27. The van der Waals surface area contributed by atoms with Crippen molar-refractivity contribution in [1.29, 1.82) is 0 Å². The number of rotatable bonds is 4. The number of anilines is 1. The fourth-order valence-electron chi connectivity index (χ4n) is 1.92. The van der Waals surface area contributed by atoms with Gasteiger partial charge in [-0.3, -0.25) is 4.98 Å². The van der Waals surface area contributed by atoms with Gasteiger partial charge in [0, 0.05) is 12.1 Å². The van der Waals surface area contributed by atoms with Gasteiger partial charge in [0.25, 0.3) is 0 Å². The zero-order chi connectivity index (χ0) is 15.4. The van der Waals surface area contributed by atoms with E-state index < -0.39 is 5.97 Å². The van der Waals surface area contributed by atoms with E-state index in [0.717, 1.165) is 5.56 Å². The third-order valence-corrected chi connectivity index (χ3v) is 3.52. The van der Waals surface area contributed by atoms with Crippen molar-refractivity contribution < 1.29 is 9.53 Å².